The van der Waals surface area contributed by atoms with Gasteiger partial charge in [-0.1, -0.05) is 19.1 Å². The minimum Gasteiger partial charge on any atom is -0.299 e. The van der Waals surface area contributed by atoms with Gasteiger partial charge >= 0.3 is 6.18 Å². The van der Waals surface area contributed by atoms with Gasteiger partial charge in [0.1, 0.15) is 11.5 Å². The number of aliphatic imine (C=N–C) groups is 1. The Balaban J connectivity index is 1.89. The number of hydrogen-bond donors (Lipinski definition) is 0. The molecule has 2 atom stereocenters. The lowest BCUT2D eigenvalue weighted by Crippen LogP contribution is -2.32. The number of rotatable bonds is 4. The summed E-state index contributed by atoms with van der Waals surface area (Å²) in [6.07, 6.45) is -2.39. The van der Waals surface area contributed by atoms with Crippen molar-refractivity contribution in [3.63, 3.8) is 0 Å². The quantitative estimate of drug-likeness (QED) is 0.742. The van der Waals surface area contributed by atoms with Crippen molar-refractivity contribution >= 4 is 17.3 Å². The molecule has 2 heterocycles. The third-order valence-corrected chi connectivity index (χ3v) is 5.38. The van der Waals surface area contributed by atoms with Crippen LogP contribution in [0.5, 0.6) is 0 Å². The molecule has 31 heavy (non-hydrogen) atoms. The van der Waals surface area contributed by atoms with E-state index in [1.54, 1.807) is 0 Å². The molecule has 2 unspecified atom stereocenters. The number of carbonyl (C=O) groups is 2. The summed E-state index contributed by atoms with van der Waals surface area (Å²) in [5, 5.41) is 3.94. The van der Waals surface area contributed by atoms with E-state index in [1.807, 2.05) is 6.92 Å². The fourth-order valence-electron chi connectivity index (χ4n) is 3.50. The van der Waals surface area contributed by atoms with Crippen LogP contribution in [0.4, 0.5) is 13.2 Å². The second-order valence-corrected chi connectivity index (χ2v) is 7.64. The van der Waals surface area contributed by atoms with Crippen LogP contribution in [-0.2, 0) is 29.2 Å². The van der Waals surface area contributed by atoms with E-state index in [2.05, 4.69) is 10.1 Å². The molecule has 0 aliphatic carbocycles. The first-order chi connectivity index (χ1) is 14.6. The highest BCUT2D eigenvalue weighted by Gasteiger charge is 2.32. The molecule has 3 rings (SSSR count). The predicted molar refractivity (Wildman–Crippen MR) is 108 cm³/mol. The SMILES string of the molecule is CCC1CC(=O)C(Cc2ccc(C(F)(F)F)cc2)CC(=O)C(c2cnn(C)c(=O)c2)=N1. The van der Waals surface area contributed by atoms with Crippen molar-refractivity contribution in [2.75, 3.05) is 0 Å². The molecule has 0 saturated carbocycles. The molecule has 0 radical (unpaired) electrons. The van der Waals surface area contributed by atoms with Crippen molar-refractivity contribution in [2.45, 2.75) is 44.8 Å². The van der Waals surface area contributed by atoms with Crippen LogP contribution in [-0.4, -0.2) is 33.1 Å². The van der Waals surface area contributed by atoms with Crippen LogP contribution in [0.25, 0.3) is 0 Å². The number of carbonyl (C=O) groups excluding carboxylic acids is 2. The van der Waals surface area contributed by atoms with Gasteiger partial charge in [0.15, 0.2) is 5.78 Å². The Labute approximate surface area is 176 Å². The van der Waals surface area contributed by atoms with E-state index >= 15 is 0 Å². The van der Waals surface area contributed by atoms with E-state index < -0.39 is 29.5 Å². The molecule has 0 fully saturated rings. The van der Waals surface area contributed by atoms with Crippen molar-refractivity contribution in [3.05, 3.63) is 63.6 Å². The molecule has 2 aromatic rings. The number of ketones is 2. The molecule has 0 saturated heterocycles. The number of hydrogen-bond acceptors (Lipinski definition) is 5. The van der Waals surface area contributed by atoms with Crippen molar-refractivity contribution in [1.29, 1.82) is 0 Å². The molecule has 1 aromatic carbocycles. The second-order valence-electron chi connectivity index (χ2n) is 7.64. The lowest BCUT2D eigenvalue weighted by atomic mass is 9.84. The minimum absolute atomic E-state index is 0.113. The minimum atomic E-state index is -4.44. The summed E-state index contributed by atoms with van der Waals surface area (Å²) in [6, 6.07) is 5.46. The van der Waals surface area contributed by atoms with Gasteiger partial charge in [-0.05, 0) is 30.5 Å². The molecule has 9 heteroatoms. The molecule has 0 amide bonds. The van der Waals surface area contributed by atoms with Gasteiger partial charge < -0.3 is 0 Å². The number of alkyl halides is 3. The van der Waals surface area contributed by atoms with Crippen LogP contribution in [0.15, 0.2) is 46.3 Å². The highest BCUT2D eigenvalue weighted by atomic mass is 19.4. The lowest BCUT2D eigenvalue weighted by molar-refractivity contribution is -0.137. The Morgan fingerprint density at radius 3 is 2.35 bits per heavy atom. The standard InChI is InChI=1S/C22H22F3N3O3/c1-3-17-11-18(29)14(8-13-4-6-16(7-5-13)22(23,24)25)9-19(30)21(27-17)15-10-20(31)28(2)26-12-15/h4-7,10,12,14,17H,3,8-9,11H2,1-2H3. The van der Waals surface area contributed by atoms with E-state index in [0.717, 1.165) is 16.8 Å². The fraction of sp³-hybridized carbons (Fsp3) is 0.409. The monoisotopic (exact) mass is 433 g/mol. The van der Waals surface area contributed by atoms with Gasteiger partial charge in [-0.3, -0.25) is 19.4 Å². The number of aromatic nitrogens is 2. The average molecular weight is 433 g/mol. The van der Waals surface area contributed by atoms with E-state index in [9.17, 15) is 27.6 Å². The highest BCUT2D eigenvalue weighted by molar-refractivity contribution is 6.46. The van der Waals surface area contributed by atoms with Crippen LogP contribution in [0, 0.1) is 5.92 Å². The van der Waals surface area contributed by atoms with Crippen molar-refractivity contribution in [2.24, 2.45) is 18.0 Å². The summed E-state index contributed by atoms with van der Waals surface area (Å²) in [6.45, 7) is 1.85. The van der Waals surface area contributed by atoms with Crippen LogP contribution in [0.3, 0.4) is 0 Å². The Bertz CT molecular complexity index is 1070. The summed E-state index contributed by atoms with van der Waals surface area (Å²) >= 11 is 0. The largest absolute Gasteiger partial charge is 0.416 e. The number of halogens is 3. The van der Waals surface area contributed by atoms with Crippen LogP contribution in [0.2, 0.25) is 0 Å². The van der Waals surface area contributed by atoms with E-state index in [0.29, 0.717) is 17.5 Å². The number of aryl methyl sites for hydroxylation is 1. The summed E-state index contributed by atoms with van der Waals surface area (Å²) in [5.74, 6) is -1.22. The van der Waals surface area contributed by atoms with Crippen LogP contribution >= 0.6 is 0 Å². The Hall–Kier alpha value is -3.10. The molecule has 1 aromatic heterocycles. The zero-order valence-electron chi connectivity index (χ0n) is 17.1. The van der Waals surface area contributed by atoms with Crippen LogP contribution < -0.4 is 5.56 Å². The van der Waals surface area contributed by atoms with Crippen molar-refractivity contribution in [1.82, 2.24) is 9.78 Å². The van der Waals surface area contributed by atoms with Crippen molar-refractivity contribution < 1.29 is 22.8 Å². The molecule has 0 spiro atoms. The van der Waals surface area contributed by atoms with Gasteiger partial charge in [0.2, 0.25) is 0 Å². The maximum absolute atomic E-state index is 13.0. The molecule has 0 N–H and O–H groups in total. The smallest absolute Gasteiger partial charge is 0.299 e. The molecular formula is C22H22F3N3O3. The Morgan fingerprint density at radius 1 is 1.10 bits per heavy atom. The first-order valence-electron chi connectivity index (χ1n) is 9.92. The first kappa shape index (κ1) is 22.6. The van der Waals surface area contributed by atoms with Gasteiger partial charge in [-0.2, -0.15) is 18.3 Å². The van der Waals surface area contributed by atoms with E-state index in [1.165, 1.54) is 31.4 Å². The number of nitrogens with zero attached hydrogens (tertiary/aromatic N) is 3. The summed E-state index contributed by atoms with van der Waals surface area (Å²) in [4.78, 5) is 42.2. The maximum Gasteiger partial charge on any atom is 0.416 e. The molecule has 1 aliphatic rings. The van der Waals surface area contributed by atoms with Crippen LogP contribution in [0.1, 0.15) is 42.9 Å². The van der Waals surface area contributed by atoms with Gasteiger partial charge in [-0.15, -0.1) is 0 Å². The van der Waals surface area contributed by atoms with Gasteiger partial charge in [0, 0.05) is 37.4 Å². The summed E-state index contributed by atoms with van der Waals surface area (Å²) < 4.78 is 39.5. The fourth-order valence-corrected chi connectivity index (χ4v) is 3.50. The van der Waals surface area contributed by atoms with E-state index in [-0.39, 0.29) is 36.3 Å². The Morgan fingerprint density at radius 2 is 1.77 bits per heavy atom. The zero-order chi connectivity index (χ0) is 22.8. The molecular weight excluding hydrogens is 411 g/mol. The maximum atomic E-state index is 13.0. The normalized spacial score (nSPS) is 20.2. The second kappa shape index (κ2) is 8.95. The predicted octanol–water partition coefficient (Wildman–Crippen LogP) is 3.16. The zero-order valence-corrected chi connectivity index (χ0v) is 17.1. The third-order valence-electron chi connectivity index (χ3n) is 5.38. The number of Topliss-reactive ketones (excluding diaryl/α,β-unsaturated/α-hetero) is 2. The average Bonchev–Trinajstić information content (AvgIpc) is 2.71. The molecule has 0 bridgehead atoms. The highest BCUT2D eigenvalue weighted by Crippen LogP contribution is 2.30. The topological polar surface area (TPSA) is 81.4 Å². The third kappa shape index (κ3) is 5.34. The first-order valence-corrected chi connectivity index (χ1v) is 9.92. The number of benzene rings is 1. The van der Waals surface area contributed by atoms with Crippen molar-refractivity contribution in [3.8, 4) is 0 Å². The molecule has 6 nitrogen and oxygen atoms in total. The summed E-state index contributed by atoms with van der Waals surface area (Å²) in [7, 11) is 1.49. The lowest BCUT2D eigenvalue weighted by Gasteiger charge is -2.22. The van der Waals surface area contributed by atoms with Gasteiger partial charge in [-0.25, -0.2) is 4.68 Å². The van der Waals surface area contributed by atoms with E-state index in [4.69, 9.17) is 0 Å². The van der Waals surface area contributed by atoms with Gasteiger partial charge in [0.05, 0.1) is 17.8 Å². The molecule has 1 aliphatic heterocycles. The van der Waals surface area contributed by atoms with Gasteiger partial charge in [0.25, 0.3) is 5.56 Å². The summed E-state index contributed by atoms with van der Waals surface area (Å²) in [5.41, 5.74) is -0.201. The Kier molecular flexibility index (Phi) is 6.52. The molecule has 164 valence electrons.